The Morgan fingerprint density at radius 3 is 1.15 bits per heavy atom. The molecule has 2 unspecified atom stereocenters. The first-order chi connectivity index (χ1) is 22.1. The minimum Gasteiger partial charge on any atom is -0.481 e. The lowest BCUT2D eigenvalue weighted by atomic mass is 10.0. The van der Waals surface area contributed by atoms with Crippen LogP contribution in [0.3, 0.4) is 0 Å². The molecular formula is C36H71N3O7. The van der Waals surface area contributed by atoms with Gasteiger partial charge in [-0.25, -0.2) is 0 Å². The summed E-state index contributed by atoms with van der Waals surface area (Å²) in [4.78, 5) is 41.9. The first kappa shape index (κ1) is 45.9. The van der Waals surface area contributed by atoms with Crippen molar-refractivity contribution in [2.45, 2.75) is 199 Å². The van der Waals surface area contributed by atoms with Gasteiger partial charge in [0.2, 0.25) is 5.91 Å². The maximum absolute atomic E-state index is 11.1. The number of nitrogens with one attached hydrogen (secondary N) is 1. The molecule has 0 spiro atoms. The van der Waals surface area contributed by atoms with Gasteiger partial charge in [0.15, 0.2) is 0 Å². The van der Waals surface area contributed by atoms with Gasteiger partial charge in [-0.1, -0.05) is 155 Å². The highest BCUT2D eigenvalue weighted by atomic mass is 16.4. The lowest BCUT2D eigenvalue weighted by molar-refractivity contribution is -0.141. The number of primary amides is 1. The lowest BCUT2D eigenvalue weighted by Gasteiger charge is -2.13. The molecule has 0 aromatic rings. The third-order valence-electron chi connectivity index (χ3n) is 8.38. The molecule has 0 saturated carbocycles. The highest BCUT2D eigenvalue weighted by Gasteiger charge is 2.17. The Morgan fingerprint density at radius 2 is 0.870 bits per heavy atom. The number of unbranched alkanes of at least 4 members (excludes halogenated alkanes) is 23. The molecule has 1 amide bonds. The number of carboxylic acid groups (broad SMARTS) is 3. The van der Waals surface area contributed by atoms with E-state index in [1.807, 2.05) is 0 Å². The van der Waals surface area contributed by atoms with E-state index in [0.29, 0.717) is 6.54 Å². The first-order valence-electron chi connectivity index (χ1n) is 18.6. The van der Waals surface area contributed by atoms with Crippen molar-refractivity contribution in [3.63, 3.8) is 0 Å². The third kappa shape index (κ3) is 38.0. The molecule has 0 aliphatic heterocycles. The monoisotopic (exact) mass is 658 g/mol. The lowest BCUT2D eigenvalue weighted by Crippen LogP contribution is -2.37. The number of carbonyl (C=O) groups is 4. The Kier molecular flexibility index (Phi) is 35.6. The second-order valence-electron chi connectivity index (χ2n) is 12.9. The maximum Gasteiger partial charge on any atom is 0.320 e. The van der Waals surface area contributed by atoms with Crippen LogP contribution in [0.15, 0.2) is 0 Å². The zero-order chi connectivity index (χ0) is 34.7. The second kappa shape index (κ2) is 35.7. The van der Waals surface area contributed by atoms with Crippen LogP contribution in [0.1, 0.15) is 187 Å². The van der Waals surface area contributed by atoms with Crippen LogP contribution in [-0.4, -0.2) is 57.8 Å². The van der Waals surface area contributed by atoms with Gasteiger partial charge >= 0.3 is 17.9 Å². The van der Waals surface area contributed by atoms with E-state index in [1.54, 1.807) is 0 Å². The van der Waals surface area contributed by atoms with Crippen LogP contribution in [0, 0.1) is 0 Å². The highest BCUT2D eigenvalue weighted by Crippen LogP contribution is 2.15. The van der Waals surface area contributed by atoms with Gasteiger partial charge in [-0.05, 0) is 25.8 Å². The quantitative estimate of drug-likeness (QED) is 0.0372. The molecule has 0 aliphatic carbocycles. The second-order valence-corrected chi connectivity index (χ2v) is 12.9. The average Bonchev–Trinajstić information content (AvgIpc) is 3.01. The smallest absolute Gasteiger partial charge is 0.320 e. The number of nitrogens with two attached hydrogens (primary N) is 2. The van der Waals surface area contributed by atoms with E-state index in [1.165, 1.54) is 141 Å². The molecule has 8 N–H and O–H groups in total. The van der Waals surface area contributed by atoms with Crippen LogP contribution in [0.2, 0.25) is 0 Å². The fourth-order valence-corrected chi connectivity index (χ4v) is 5.37. The maximum atomic E-state index is 11.1. The molecule has 0 rings (SSSR count). The Morgan fingerprint density at radius 1 is 0.522 bits per heavy atom. The molecule has 0 bridgehead atoms. The minimum atomic E-state index is -1.11. The van der Waals surface area contributed by atoms with Crippen LogP contribution in [-0.2, 0) is 19.2 Å². The summed E-state index contributed by atoms with van der Waals surface area (Å²) in [6.07, 6.45) is 33.0. The fraction of sp³-hybridized carbons (Fsp3) is 0.889. The van der Waals surface area contributed by atoms with Crippen LogP contribution < -0.4 is 16.8 Å². The van der Waals surface area contributed by atoms with Crippen molar-refractivity contribution < 1.29 is 34.5 Å². The summed E-state index contributed by atoms with van der Waals surface area (Å²) in [5.41, 5.74) is 9.81. The van der Waals surface area contributed by atoms with Gasteiger partial charge in [0.1, 0.15) is 12.1 Å². The van der Waals surface area contributed by atoms with Crippen molar-refractivity contribution >= 4 is 23.8 Å². The summed E-state index contributed by atoms with van der Waals surface area (Å²) in [6, 6.07) is -1.72. The zero-order valence-electron chi connectivity index (χ0n) is 29.3. The van der Waals surface area contributed by atoms with Crippen molar-refractivity contribution in [1.82, 2.24) is 5.32 Å². The summed E-state index contributed by atoms with van der Waals surface area (Å²) in [6.45, 7) is 2.94. The largest absolute Gasteiger partial charge is 0.481 e. The van der Waals surface area contributed by atoms with Gasteiger partial charge in [0.05, 0.1) is 0 Å². The molecular weight excluding hydrogens is 586 g/mol. The molecule has 0 heterocycles. The minimum absolute atomic E-state index is 0.0213. The van der Waals surface area contributed by atoms with E-state index >= 15 is 0 Å². The number of carboxylic acids is 3. The van der Waals surface area contributed by atoms with Crippen LogP contribution >= 0.6 is 0 Å². The van der Waals surface area contributed by atoms with Crippen molar-refractivity contribution in [3.05, 3.63) is 0 Å². The van der Waals surface area contributed by atoms with Gasteiger partial charge in [0.25, 0.3) is 0 Å². The SMILES string of the molecule is CCCCCCCCCCCCCCCCCCCCCCCCCCNC(CCC(=O)O)C(=O)O.NC(=O)CCC(N)C(=O)O. The van der Waals surface area contributed by atoms with Gasteiger partial charge in [-0.15, -0.1) is 0 Å². The van der Waals surface area contributed by atoms with Crippen molar-refractivity contribution in [2.75, 3.05) is 6.54 Å². The first-order valence-corrected chi connectivity index (χ1v) is 18.6. The van der Waals surface area contributed by atoms with Gasteiger partial charge in [-0.2, -0.15) is 0 Å². The van der Waals surface area contributed by atoms with Gasteiger partial charge < -0.3 is 32.1 Å². The predicted octanol–water partition coefficient (Wildman–Crippen LogP) is 7.94. The van der Waals surface area contributed by atoms with E-state index in [0.717, 1.165) is 12.8 Å². The number of hydrogen-bond donors (Lipinski definition) is 6. The fourth-order valence-electron chi connectivity index (χ4n) is 5.37. The average molecular weight is 658 g/mol. The van der Waals surface area contributed by atoms with Crippen LogP contribution in [0.25, 0.3) is 0 Å². The molecule has 0 saturated heterocycles. The summed E-state index contributed by atoms with van der Waals surface area (Å²) in [7, 11) is 0. The van der Waals surface area contributed by atoms with Crippen molar-refractivity contribution in [2.24, 2.45) is 11.5 Å². The Bertz CT molecular complexity index is 736. The Balaban J connectivity index is 0. The standard InChI is InChI=1S/C31H61NO4.C5H10N2O3/c1-2-3-4-5-6-7-8-9-10-11-12-13-14-15-16-17-18-19-20-21-22-23-24-25-28-32-29(31(35)36)26-27-30(33)34;6-3(5(9)10)1-2-4(7)8/h29,32H,2-28H2,1H3,(H,33,34)(H,35,36);3H,1-2,6H2,(H2,7,8)(H,9,10). The normalized spacial score (nSPS) is 12.2. The Hall–Kier alpha value is -2.20. The summed E-state index contributed by atoms with van der Waals surface area (Å²) in [5, 5.41) is 29.0. The molecule has 0 aliphatic rings. The molecule has 2 atom stereocenters. The molecule has 0 fully saturated rings. The van der Waals surface area contributed by atoms with E-state index in [4.69, 9.17) is 26.8 Å². The number of carbonyl (C=O) groups excluding carboxylic acids is 1. The molecule has 10 nitrogen and oxygen atoms in total. The number of rotatable bonds is 34. The molecule has 272 valence electrons. The Labute approximate surface area is 280 Å². The molecule has 0 radical (unpaired) electrons. The predicted molar refractivity (Wildman–Crippen MR) is 187 cm³/mol. The van der Waals surface area contributed by atoms with Crippen LogP contribution in [0.5, 0.6) is 0 Å². The summed E-state index contributed by atoms with van der Waals surface area (Å²) < 4.78 is 0. The molecule has 0 aromatic carbocycles. The molecule has 10 heteroatoms. The summed E-state index contributed by atoms with van der Waals surface area (Å²) in [5.74, 6) is -3.54. The number of amides is 1. The van der Waals surface area contributed by atoms with Crippen molar-refractivity contribution in [3.8, 4) is 0 Å². The number of hydrogen-bond acceptors (Lipinski definition) is 6. The molecule has 0 aromatic heterocycles. The van der Waals surface area contributed by atoms with Gasteiger partial charge in [0, 0.05) is 12.8 Å². The van der Waals surface area contributed by atoms with E-state index in [2.05, 4.69) is 12.2 Å². The zero-order valence-corrected chi connectivity index (χ0v) is 29.3. The summed E-state index contributed by atoms with van der Waals surface area (Å²) >= 11 is 0. The van der Waals surface area contributed by atoms with Crippen molar-refractivity contribution in [1.29, 1.82) is 0 Å². The van der Waals surface area contributed by atoms with E-state index in [9.17, 15) is 19.2 Å². The van der Waals surface area contributed by atoms with Gasteiger partial charge in [-0.3, -0.25) is 19.2 Å². The van der Waals surface area contributed by atoms with E-state index < -0.39 is 35.9 Å². The topological polar surface area (TPSA) is 193 Å². The van der Waals surface area contributed by atoms with E-state index in [-0.39, 0.29) is 25.7 Å². The third-order valence-corrected chi connectivity index (χ3v) is 8.38. The highest BCUT2D eigenvalue weighted by molar-refractivity contribution is 5.77. The van der Waals surface area contributed by atoms with Crippen LogP contribution in [0.4, 0.5) is 0 Å². The number of aliphatic carboxylic acids is 3. The molecule has 46 heavy (non-hydrogen) atoms.